The summed E-state index contributed by atoms with van der Waals surface area (Å²) in [6.45, 7) is 7.79. The molecule has 0 saturated carbocycles. The van der Waals surface area contributed by atoms with Gasteiger partial charge in [-0.2, -0.15) is 0 Å². The van der Waals surface area contributed by atoms with Crippen molar-refractivity contribution in [2.24, 2.45) is 0 Å². The molecular formula is C18H24N4O. The molecule has 0 spiro atoms. The van der Waals surface area contributed by atoms with Crippen LogP contribution in [0.4, 0.5) is 11.5 Å². The molecule has 122 valence electrons. The topological polar surface area (TPSA) is 66.0 Å². The predicted molar refractivity (Wildman–Crippen MR) is 94.8 cm³/mol. The summed E-state index contributed by atoms with van der Waals surface area (Å²) in [5.74, 6) is 0.436. The van der Waals surface area contributed by atoms with Gasteiger partial charge in [-0.05, 0) is 50.2 Å². The van der Waals surface area contributed by atoms with E-state index in [-0.39, 0.29) is 11.9 Å². The molecule has 0 saturated heterocycles. The van der Waals surface area contributed by atoms with Gasteiger partial charge in [0.25, 0.3) is 5.91 Å². The Balaban J connectivity index is 2.13. The van der Waals surface area contributed by atoms with Crippen molar-refractivity contribution in [3.63, 3.8) is 0 Å². The van der Waals surface area contributed by atoms with Crippen molar-refractivity contribution < 1.29 is 4.79 Å². The Morgan fingerprint density at radius 2 is 2.04 bits per heavy atom. The van der Waals surface area contributed by atoms with Gasteiger partial charge in [0.1, 0.15) is 5.82 Å². The number of aromatic nitrogens is 1. The lowest BCUT2D eigenvalue weighted by Gasteiger charge is -2.13. The number of amides is 1. The molecule has 0 aliphatic rings. The predicted octanol–water partition coefficient (Wildman–Crippen LogP) is 3.26. The van der Waals surface area contributed by atoms with E-state index in [1.165, 1.54) is 0 Å². The number of anilines is 2. The summed E-state index contributed by atoms with van der Waals surface area (Å²) in [7, 11) is 0. The van der Waals surface area contributed by atoms with Crippen LogP contribution >= 0.6 is 0 Å². The van der Waals surface area contributed by atoms with E-state index in [1.807, 2.05) is 38.1 Å². The standard InChI is InChI=1S/C18H24N4O/c1-4-19-12-14-7-5-8-15(11-14)22-18(23)16-9-6-10-20-17(16)21-13(2)3/h5-11,13,19H,4,12H2,1-3H3,(H,20,21)(H,22,23). The lowest BCUT2D eigenvalue weighted by atomic mass is 10.1. The summed E-state index contributed by atoms with van der Waals surface area (Å²) < 4.78 is 0. The Bertz CT molecular complexity index is 655. The van der Waals surface area contributed by atoms with E-state index in [0.29, 0.717) is 11.4 Å². The van der Waals surface area contributed by atoms with Gasteiger partial charge in [-0.15, -0.1) is 0 Å². The number of nitrogens with one attached hydrogen (secondary N) is 3. The summed E-state index contributed by atoms with van der Waals surface area (Å²) in [6.07, 6.45) is 1.68. The summed E-state index contributed by atoms with van der Waals surface area (Å²) in [6, 6.07) is 11.6. The lowest BCUT2D eigenvalue weighted by molar-refractivity contribution is 0.102. The van der Waals surface area contributed by atoms with E-state index in [1.54, 1.807) is 18.3 Å². The van der Waals surface area contributed by atoms with E-state index >= 15 is 0 Å². The van der Waals surface area contributed by atoms with Crippen molar-refractivity contribution >= 4 is 17.4 Å². The number of pyridine rings is 1. The molecule has 1 aromatic heterocycles. The molecule has 5 nitrogen and oxygen atoms in total. The van der Waals surface area contributed by atoms with Crippen molar-refractivity contribution in [2.75, 3.05) is 17.2 Å². The summed E-state index contributed by atoms with van der Waals surface area (Å²) >= 11 is 0. The van der Waals surface area contributed by atoms with Crippen molar-refractivity contribution in [1.29, 1.82) is 0 Å². The number of nitrogens with zero attached hydrogens (tertiary/aromatic N) is 1. The van der Waals surface area contributed by atoms with Gasteiger partial charge in [-0.3, -0.25) is 4.79 Å². The van der Waals surface area contributed by atoms with Gasteiger partial charge >= 0.3 is 0 Å². The van der Waals surface area contributed by atoms with Crippen LogP contribution in [-0.2, 0) is 6.54 Å². The van der Waals surface area contributed by atoms with Gasteiger partial charge < -0.3 is 16.0 Å². The van der Waals surface area contributed by atoms with Crippen LogP contribution in [0.5, 0.6) is 0 Å². The lowest BCUT2D eigenvalue weighted by Crippen LogP contribution is -2.19. The number of benzene rings is 1. The quantitative estimate of drug-likeness (QED) is 0.734. The van der Waals surface area contributed by atoms with E-state index in [4.69, 9.17) is 0 Å². The number of hydrogen-bond acceptors (Lipinski definition) is 4. The van der Waals surface area contributed by atoms with Crippen LogP contribution in [0, 0.1) is 0 Å². The molecule has 0 aliphatic carbocycles. The van der Waals surface area contributed by atoms with Crippen LogP contribution in [0.1, 0.15) is 36.7 Å². The Kier molecular flexibility index (Phi) is 6.11. The first-order chi connectivity index (χ1) is 11.1. The summed E-state index contributed by atoms with van der Waals surface area (Å²) in [4.78, 5) is 16.8. The van der Waals surface area contributed by atoms with Gasteiger partial charge in [-0.1, -0.05) is 19.1 Å². The van der Waals surface area contributed by atoms with E-state index in [0.717, 1.165) is 24.3 Å². The highest BCUT2D eigenvalue weighted by molar-refractivity contribution is 6.07. The van der Waals surface area contributed by atoms with Gasteiger partial charge in [0.05, 0.1) is 5.56 Å². The van der Waals surface area contributed by atoms with Gasteiger partial charge in [0.15, 0.2) is 0 Å². The first-order valence-corrected chi connectivity index (χ1v) is 7.92. The first kappa shape index (κ1) is 17.0. The third-order valence-electron chi connectivity index (χ3n) is 3.24. The zero-order chi connectivity index (χ0) is 16.7. The van der Waals surface area contributed by atoms with Crippen LogP contribution in [0.2, 0.25) is 0 Å². The Labute approximate surface area is 137 Å². The normalized spacial score (nSPS) is 10.6. The monoisotopic (exact) mass is 312 g/mol. The third kappa shape index (κ3) is 5.07. The molecule has 0 bridgehead atoms. The maximum absolute atomic E-state index is 12.5. The van der Waals surface area contributed by atoms with Crippen LogP contribution in [0.25, 0.3) is 0 Å². The van der Waals surface area contributed by atoms with E-state index < -0.39 is 0 Å². The SMILES string of the molecule is CCNCc1cccc(NC(=O)c2cccnc2NC(C)C)c1. The third-order valence-corrected chi connectivity index (χ3v) is 3.24. The first-order valence-electron chi connectivity index (χ1n) is 7.92. The molecule has 0 fully saturated rings. The second kappa shape index (κ2) is 8.29. The summed E-state index contributed by atoms with van der Waals surface area (Å²) in [5, 5.41) is 9.41. The summed E-state index contributed by atoms with van der Waals surface area (Å²) in [5.41, 5.74) is 2.46. The minimum Gasteiger partial charge on any atom is -0.367 e. The van der Waals surface area contributed by atoms with Crippen LogP contribution in [0.15, 0.2) is 42.6 Å². The van der Waals surface area contributed by atoms with E-state index in [9.17, 15) is 4.79 Å². The second-order valence-corrected chi connectivity index (χ2v) is 5.63. The van der Waals surface area contributed by atoms with Crippen LogP contribution in [-0.4, -0.2) is 23.5 Å². The highest BCUT2D eigenvalue weighted by Gasteiger charge is 2.13. The number of rotatable bonds is 7. The molecule has 0 unspecified atom stereocenters. The average molecular weight is 312 g/mol. The van der Waals surface area contributed by atoms with Crippen molar-refractivity contribution in [3.05, 3.63) is 53.7 Å². The highest BCUT2D eigenvalue weighted by Crippen LogP contribution is 2.16. The average Bonchev–Trinajstić information content (AvgIpc) is 2.53. The molecule has 5 heteroatoms. The molecule has 2 aromatic rings. The van der Waals surface area contributed by atoms with Gasteiger partial charge in [0.2, 0.25) is 0 Å². The molecule has 0 atom stereocenters. The molecule has 1 heterocycles. The van der Waals surface area contributed by atoms with E-state index in [2.05, 4.69) is 27.9 Å². The number of carbonyl (C=O) groups excluding carboxylic acids is 1. The molecular weight excluding hydrogens is 288 g/mol. The van der Waals surface area contributed by atoms with Crippen molar-refractivity contribution in [3.8, 4) is 0 Å². The molecule has 1 aromatic carbocycles. The van der Waals surface area contributed by atoms with Gasteiger partial charge in [0, 0.05) is 24.5 Å². The molecule has 23 heavy (non-hydrogen) atoms. The molecule has 0 radical (unpaired) electrons. The number of hydrogen-bond donors (Lipinski definition) is 3. The fourth-order valence-corrected chi connectivity index (χ4v) is 2.20. The zero-order valence-corrected chi connectivity index (χ0v) is 13.9. The number of carbonyl (C=O) groups is 1. The minimum atomic E-state index is -0.165. The van der Waals surface area contributed by atoms with Gasteiger partial charge in [-0.25, -0.2) is 4.98 Å². The van der Waals surface area contributed by atoms with Crippen LogP contribution in [0.3, 0.4) is 0 Å². The smallest absolute Gasteiger partial charge is 0.259 e. The molecule has 3 N–H and O–H groups in total. The van der Waals surface area contributed by atoms with Crippen molar-refractivity contribution in [1.82, 2.24) is 10.3 Å². The second-order valence-electron chi connectivity index (χ2n) is 5.63. The minimum absolute atomic E-state index is 0.165. The maximum atomic E-state index is 12.5. The van der Waals surface area contributed by atoms with Crippen LogP contribution < -0.4 is 16.0 Å². The fourth-order valence-electron chi connectivity index (χ4n) is 2.20. The van der Waals surface area contributed by atoms with Crippen molar-refractivity contribution in [2.45, 2.75) is 33.4 Å². The zero-order valence-electron chi connectivity index (χ0n) is 13.9. The Morgan fingerprint density at radius 1 is 1.22 bits per heavy atom. The maximum Gasteiger partial charge on any atom is 0.259 e. The highest BCUT2D eigenvalue weighted by atomic mass is 16.1. The fraction of sp³-hybridized carbons (Fsp3) is 0.333. The molecule has 1 amide bonds. The molecule has 2 rings (SSSR count). The Hall–Kier alpha value is -2.40. The Morgan fingerprint density at radius 3 is 2.78 bits per heavy atom. The largest absolute Gasteiger partial charge is 0.367 e. The molecule has 0 aliphatic heterocycles.